The van der Waals surface area contributed by atoms with Gasteiger partial charge in [0.25, 0.3) is 0 Å². The van der Waals surface area contributed by atoms with Crippen molar-refractivity contribution in [3.8, 4) is 0 Å². The number of hydrogen-bond acceptors (Lipinski definition) is 2. The molecule has 0 aromatic heterocycles. The first-order chi connectivity index (χ1) is 10.6. The van der Waals surface area contributed by atoms with E-state index in [2.05, 4.69) is 48.7 Å². The molecule has 1 saturated carbocycles. The normalized spacial score (nSPS) is 27.5. The van der Waals surface area contributed by atoms with Crippen molar-refractivity contribution in [3.63, 3.8) is 0 Å². The average molecular weight is 300 g/mol. The van der Waals surface area contributed by atoms with Crippen LogP contribution < -0.4 is 10.6 Å². The Morgan fingerprint density at radius 1 is 1.32 bits per heavy atom. The predicted molar refractivity (Wildman–Crippen MR) is 89.7 cm³/mol. The molecule has 2 aliphatic rings. The number of amides is 1. The zero-order valence-electron chi connectivity index (χ0n) is 13.8. The molecule has 2 N–H and O–H groups in total. The van der Waals surface area contributed by atoms with E-state index in [4.69, 9.17) is 0 Å². The van der Waals surface area contributed by atoms with Crippen LogP contribution in [0.15, 0.2) is 24.3 Å². The maximum Gasteiger partial charge on any atom is 0.223 e. The van der Waals surface area contributed by atoms with E-state index in [9.17, 15) is 4.79 Å². The maximum atomic E-state index is 12.8. The molecule has 0 unspecified atom stereocenters. The largest absolute Gasteiger partial charge is 0.346 e. The van der Waals surface area contributed by atoms with Gasteiger partial charge in [-0.1, -0.05) is 42.7 Å². The van der Waals surface area contributed by atoms with Crippen LogP contribution in [-0.4, -0.2) is 18.5 Å². The SMILES string of the molecule is Cc1cccc(C2(NC(=O)[C@H]3CCN[C@@H](C)C3)CCCC2)c1. The van der Waals surface area contributed by atoms with Crippen LogP contribution in [0.2, 0.25) is 0 Å². The second-order valence-electron chi connectivity index (χ2n) is 7.22. The second kappa shape index (κ2) is 6.41. The first-order valence-corrected chi connectivity index (χ1v) is 8.72. The fraction of sp³-hybridized carbons (Fsp3) is 0.632. The summed E-state index contributed by atoms with van der Waals surface area (Å²) in [4.78, 5) is 12.8. The van der Waals surface area contributed by atoms with Crippen molar-refractivity contribution in [2.24, 2.45) is 5.92 Å². The van der Waals surface area contributed by atoms with Gasteiger partial charge in [-0.25, -0.2) is 0 Å². The molecule has 22 heavy (non-hydrogen) atoms. The molecule has 1 aliphatic heterocycles. The molecule has 1 heterocycles. The average Bonchev–Trinajstić information content (AvgIpc) is 2.97. The summed E-state index contributed by atoms with van der Waals surface area (Å²) in [6, 6.07) is 9.12. The van der Waals surface area contributed by atoms with E-state index in [1.54, 1.807) is 0 Å². The van der Waals surface area contributed by atoms with E-state index < -0.39 is 0 Å². The maximum absolute atomic E-state index is 12.8. The minimum Gasteiger partial charge on any atom is -0.346 e. The quantitative estimate of drug-likeness (QED) is 0.899. The number of nitrogens with one attached hydrogen (secondary N) is 2. The lowest BCUT2D eigenvalue weighted by Crippen LogP contribution is -2.49. The molecule has 1 aromatic rings. The lowest BCUT2D eigenvalue weighted by Gasteiger charge is -2.35. The third-order valence-electron chi connectivity index (χ3n) is 5.38. The molecule has 0 bridgehead atoms. The van der Waals surface area contributed by atoms with Gasteiger partial charge in [-0.15, -0.1) is 0 Å². The molecule has 2 atom stereocenters. The van der Waals surface area contributed by atoms with E-state index in [0.717, 1.165) is 32.2 Å². The lowest BCUT2D eigenvalue weighted by atomic mass is 9.85. The topological polar surface area (TPSA) is 41.1 Å². The Balaban J connectivity index is 1.78. The van der Waals surface area contributed by atoms with Crippen LogP contribution in [0.4, 0.5) is 0 Å². The van der Waals surface area contributed by atoms with Crippen molar-refractivity contribution in [1.29, 1.82) is 0 Å². The zero-order chi connectivity index (χ0) is 15.6. The standard InChI is InChI=1S/C19H28N2O/c1-14-6-5-7-17(12-14)19(9-3-4-10-19)21-18(22)16-8-11-20-15(2)13-16/h5-7,12,15-16,20H,3-4,8-11,13H2,1-2H3,(H,21,22)/t15-,16-/m0/s1. The number of benzene rings is 1. The summed E-state index contributed by atoms with van der Waals surface area (Å²) in [5.41, 5.74) is 2.44. The molecule has 1 amide bonds. The van der Waals surface area contributed by atoms with Gasteiger partial charge in [0.2, 0.25) is 5.91 Å². The molecule has 2 fully saturated rings. The van der Waals surface area contributed by atoms with E-state index in [1.165, 1.54) is 24.0 Å². The molecule has 3 heteroatoms. The first kappa shape index (κ1) is 15.5. The Hall–Kier alpha value is -1.35. The third-order valence-corrected chi connectivity index (χ3v) is 5.38. The molecular formula is C19H28N2O. The van der Waals surface area contributed by atoms with Crippen LogP contribution >= 0.6 is 0 Å². The second-order valence-corrected chi connectivity index (χ2v) is 7.22. The Morgan fingerprint density at radius 3 is 2.77 bits per heavy atom. The number of hydrogen-bond donors (Lipinski definition) is 2. The molecule has 1 aliphatic carbocycles. The van der Waals surface area contributed by atoms with Gasteiger partial charge in [0.05, 0.1) is 5.54 Å². The smallest absolute Gasteiger partial charge is 0.223 e. The van der Waals surface area contributed by atoms with Crippen molar-refractivity contribution < 1.29 is 4.79 Å². The van der Waals surface area contributed by atoms with Crippen LogP contribution in [0, 0.1) is 12.8 Å². The van der Waals surface area contributed by atoms with E-state index in [0.29, 0.717) is 6.04 Å². The molecular weight excluding hydrogens is 272 g/mol. The van der Waals surface area contributed by atoms with Crippen molar-refractivity contribution in [2.45, 2.75) is 64.0 Å². The number of carbonyl (C=O) groups excluding carboxylic acids is 1. The summed E-state index contributed by atoms with van der Waals surface area (Å²) < 4.78 is 0. The Kier molecular flexibility index (Phi) is 4.53. The molecule has 3 rings (SSSR count). The van der Waals surface area contributed by atoms with Crippen LogP contribution in [0.3, 0.4) is 0 Å². The summed E-state index contributed by atoms with van der Waals surface area (Å²) >= 11 is 0. The Labute approximate surface area is 133 Å². The number of piperidine rings is 1. The highest BCUT2D eigenvalue weighted by Crippen LogP contribution is 2.39. The Bertz CT molecular complexity index is 534. The van der Waals surface area contributed by atoms with Crippen LogP contribution in [-0.2, 0) is 10.3 Å². The van der Waals surface area contributed by atoms with Crippen LogP contribution in [0.1, 0.15) is 56.6 Å². The van der Waals surface area contributed by atoms with Gasteiger partial charge in [-0.3, -0.25) is 4.79 Å². The predicted octanol–water partition coefficient (Wildman–Crippen LogP) is 3.27. The van der Waals surface area contributed by atoms with Gasteiger partial charge >= 0.3 is 0 Å². The van der Waals surface area contributed by atoms with Crippen molar-refractivity contribution >= 4 is 5.91 Å². The monoisotopic (exact) mass is 300 g/mol. The van der Waals surface area contributed by atoms with Gasteiger partial charge in [0, 0.05) is 12.0 Å². The number of rotatable bonds is 3. The van der Waals surface area contributed by atoms with Gasteiger partial charge in [-0.05, 0) is 51.6 Å². The molecule has 1 aromatic carbocycles. The highest BCUT2D eigenvalue weighted by Gasteiger charge is 2.39. The minimum absolute atomic E-state index is 0.128. The fourth-order valence-corrected chi connectivity index (χ4v) is 4.12. The molecule has 0 radical (unpaired) electrons. The third kappa shape index (κ3) is 3.19. The van der Waals surface area contributed by atoms with Gasteiger partial charge < -0.3 is 10.6 Å². The lowest BCUT2D eigenvalue weighted by molar-refractivity contribution is -0.128. The van der Waals surface area contributed by atoms with Crippen LogP contribution in [0.5, 0.6) is 0 Å². The summed E-state index contributed by atoms with van der Waals surface area (Å²) in [6.07, 6.45) is 6.47. The van der Waals surface area contributed by atoms with Crippen LogP contribution in [0.25, 0.3) is 0 Å². The Morgan fingerprint density at radius 2 is 2.09 bits per heavy atom. The molecule has 3 nitrogen and oxygen atoms in total. The van der Waals surface area contributed by atoms with Crippen molar-refractivity contribution in [2.75, 3.05) is 6.54 Å². The molecule has 1 saturated heterocycles. The molecule has 0 spiro atoms. The number of aryl methyl sites for hydroxylation is 1. The van der Waals surface area contributed by atoms with Gasteiger partial charge in [-0.2, -0.15) is 0 Å². The van der Waals surface area contributed by atoms with Gasteiger partial charge in [0.15, 0.2) is 0 Å². The zero-order valence-corrected chi connectivity index (χ0v) is 13.8. The summed E-state index contributed by atoms with van der Waals surface area (Å²) in [5, 5.41) is 6.89. The first-order valence-electron chi connectivity index (χ1n) is 8.72. The number of carbonyl (C=O) groups is 1. The van der Waals surface area contributed by atoms with E-state index >= 15 is 0 Å². The summed E-state index contributed by atoms with van der Waals surface area (Å²) in [6.45, 7) is 5.25. The minimum atomic E-state index is -0.128. The van der Waals surface area contributed by atoms with Gasteiger partial charge in [0.1, 0.15) is 0 Å². The fourth-order valence-electron chi connectivity index (χ4n) is 4.12. The molecule has 120 valence electrons. The van der Waals surface area contributed by atoms with Crippen molar-refractivity contribution in [3.05, 3.63) is 35.4 Å². The van der Waals surface area contributed by atoms with Crippen molar-refractivity contribution in [1.82, 2.24) is 10.6 Å². The van der Waals surface area contributed by atoms with E-state index in [1.807, 2.05) is 0 Å². The summed E-state index contributed by atoms with van der Waals surface area (Å²) in [5.74, 6) is 0.426. The highest BCUT2D eigenvalue weighted by molar-refractivity contribution is 5.80. The van der Waals surface area contributed by atoms with E-state index in [-0.39, 0.29) is 17.4 Å². The summed E-state index contributed by atoms with van der Waals surface area (Å²) in [7, 11) is 0. The highest BCUT2D eigenvalue weighted by atomic mass is 16.2.